The lowest BCUT2D eigenvalue weighted by atomic mass is 9.90. The van der Waals surface area contributed by atoms with Gasteiger partial charge in [-0.2, -0.15) is 0 Å². The zero-order valence-corrected chi connectivity index (χ0v) is 16.2. The Bertz CT molecular complexity index is 973. The SMILES string of the molecule is Cc1cc(C(=O)NC(C)(CN)CC(C)C)nc2c1c(=O)n(C)c(=O)n2C. The maximum atomic E-state index is 12.7. The Labute approximate surface area is 152 Å². The molecule has 2 heterocycles. The van der Waals surface area contributed by atoms with Gasteiger partial charge in [-0.15, -0.1) is 0 Å². The molecule has 0 aliphatic carbocycles. The maximum absolute atomic E-state index is 12.7. The monoisotopic (exact) mass is 361 g/mol. The molecule has 1 atom stereocenters. The number of amides is 1. The van der Waals surface area contributed by atoms with E-state index in [2.05, 4.69) is 24.1 Å². The summed E-state index contributed by atoms with van der Waals surface area (Å²) >= 11 is 0. The van der Waals surface area contributed by atoms with E-state index in [0.717, 1.165) is 11.0 Å². The molecule has 0 aromatic carbocycles. The van der Waals surface area contributed by atoms with Crippen LogP contribution in [0.2, 0.25) is 0 Å². The minimum absolute atomic E-state index is 0.154. The summed E-state index contributed by atoms with van der Waals surface area (Å²) in [4.78, 5) is 41.6. The van der Waals surface area contributed by atoms with Crippen molar-refractivity contribution in [2.45, 2.75) is 39.7 Å². The fourth-order valence-corrected chi connectivity index (χ4v) is 3.27. The summed E-state index contributed by atoms with van der Waals surface area (Å²) in [5.74, 6) is -0.0179. The second-order valence-electron chi connectivity index (χ2n) is 7.55. The van der Waals surface area contributed by atoms with Crippen LogP contribution in [0.3, 0.4) is 0 Å². The van der Waals surface area contributed by atoms with E-state index < -0.39 is 16.8 Å². The number of fused-ring (bicyclic) bond motifs is 1. The van der Waals surface area contributed by atoms with Gasteiger partial charge in [0.2, 0.25) is 0 Å². The van der Waals surface area contributed by atoms with Crippen LogP contribution in [0.1, 0.15) is 43.2 Å². The number of pyridine rings is 1. The van der Waals surface area contributed by atoms with Gasteiger partial charge in [0.25, 0.3) is 11.5 Å². The molecule has 0 aliphatic rings. The molecule has 3 N–H and O–H groups in total. The Kier molecular flexibility index (Phi) is 5.36. The third kappa shape index (κ3) is 3.55. The molecule has 26 heavy (non-hydrogen) atoms. The van der Waals surface area contributed by atoms with Crippen molar-refractivity contribution in [3.63, 3.8) is 0 Å². The van der Waals surface area contributed by atoms with Crippen molar-refractivity contribution in [3.8, 4) is 0 Å². The number of nitrogens with zero attached hydrogens (tertiary/aromatic N) is 3. The summed E-state index contributed by atoms with van der Waals surface area (Å²) in [5, 5.41) is 3.27. The highest BCUT2D eigenvalue weighted by molar-refractivity contribution is 5.95. The van der Waals surface area contributed by atoms with Crippen LogP contribution in [0.5, 0.6) is 0 Å². The topological polar surface area (TPSA) is 112 Å². The number of hydrogen-bond donors (Lipinski definition) is 2. The number of carbonyl (C=O) groups excluding carboxylic acids is 1. The number of aryl methyl sites for hydroxylation is 2. The van der Waals surface area contributed by atoms with E-state index in [-0.39, 0.29) is 17.2 Å². The number of rotatable bonds is 5. The van der Waals surface area contributed by atoms with Crippen molar-refractivity contribution < 1.29 is 4.79 Å². The maximum Gasteiger partial charge on any atom is 0.332 e. The quantitative estimate of drug-likeness (QED) is 0.802. The highest BCUT2D eigenvalue weighted by Crippen LogP contribution is 2.17. The Morgan fingerprint density at radius 3 is 2.46 bits per heavy atom. The van der Waals surface area contributed by atoms with Gasteiger partial charge in [0, 0.05) is 20.6 Å². The van der Waals surface area contributed by atoms with E-state index >= 15 is 0 Å². The van der Waals surface area contributed by atoms with E-state index in [1.807, 2.05) is 6.92 Å². The van der Waals surface area contributed by atoms with Gasteiger partial charge in [-0.05, 0) is 37.8 Å². The Balaban J connectivity index is 2.57. The first-order chi connectivity index (χ1) is 12.0. The van der Waals surface area contributed by atoms with Crippen LogP contribution in [0.4, 0.5) is 0 Å². The van der Waals surface area contributed by atoms with Crippen LogP contribution in [0.25, 0.3) is 11.0 Å². The van der Waals surface area contributed by atoms with Gasteiger partial charge in [-0.25, -0.2) is 9.78 Å². The molecule has 1 unspecified atom stereocenters. The Morgan fingerprint density at radius 1 is 1.31 bits per heavy atom. The van der Waals surface area contributed by atoms with E-state index in [1.54, 1.807) is 13.0 Å². The van der Waals surface area contributed by atoms with Crippen LogP contribution < -0.4 is 22.3 Å². The number of aromatic nitrogens is 3. The van der Waals surface area contributed by atoms with Gasteiger partial charge in [0.1, 0.15) is 11.3 Å². The van der Waals surface area contributed by atoms with E-state index in [4.69, 9.17) is 5.73 Å². The first kappa shape index (κ1) is 19.8. The molecule has 8 heteroatoms. The van der Waals surface area contributed by atoms with E-state index in [9.17, 15) is 14.4 Å². The summed E-state index contributed by atoms with van der Waals surface area (Å²) in [6, 6.07) is 1.57. The number of hydrogen-bond acceptors (Lipinski definition) is 5. The van der Waals surface area contributed by atoms with Gasteiger partial charge in [-0.3, -0.25) is 18.7 Å². The molecule has 0 bridgehead atoms. The number of carbonyl (C=O) groups is 1. The van der Waals surface area contributed by atoms with Gasteiger partial charge in [0.05, 0.1) is 10.9 Å². The molecule has 0 spiro atoms. The Morgan fingerprint density at radius 2 is 1.92 bits per heavy atom. The second-order valence-corrected chi connectivity index (χ2v) is 7.55. The van der Waals surface area contributed by atoms with Crippen LogP contribution in [0.15, 0.2) is 15.7 Å². The third-order valence-corrected chi connectivity index (χ3v) is 4.56. The molecule has 2 aromatic heterocycles. The molecule has 1 amide bonds. The zero-order chi connectivity index (χ0) is 19.8. The predicted molar refractivity (Wildman–Crippen MR) is 101 cm³/mol. The van der Waals surface area contributed by atoms with Gasteiger partial charge in [0.15, 0.2) is 0 Å². The number of nitrogens with one attached hydrogen (secondary N) is 1. The van der Waals surface area contributed by atoms with Crippen LogP contribution in [-0.4, -0.2) is 32.1 Å². The summed E-state index contributed by atoms with van der Waals surface area (Å²) in [6.07, 6.45) is 0.723. The summed E-state index contributed by atoms with van der Waals surface area (Å²) in [7, 11) is 2.95. The molecule has 0 radical (unpaired) electrons. The fourth-order valence-electron chi connectivity index (χ4n) is 3.27. The van der Waals surface area contributed by atoms with Crippen molar-refractivity contribution in [1.29, 1.82) is 0 Å². The van der Waals surface area contributed by atoms with Gasteiger partial charge in [-0.1, -0.05) is 13.8 Å². The minimum atomic E-state index is -0.561. The highest BCUT2D eigenvalue weighted by atomic mass is 16.2. The minimum Gasteiger partial charge on any atom is -0.344 e. The first-order valence-corrected chi connectivity index (χ1v) is 8.60. The molecule has 0 saturated carbocycles. The first-order valence-electron chi connectivity index (χ1n) is 8.60. The van der Waals surface area contributed by atoms with Gasteiger partial charge < -0.3 is 11.1 Å². The van der Waals surface area contributed by atoms with Crippen molar-refractivity contribution in [2.24, 2.45) is 25.7 Å². The normalized spacial score (nSPS) is 13.8. The standard InChI is InChI=1S/C18H27N5O3/c1-10(2)8-18(4,9-19)21-15(24)12-7-11(3)13-14(20-12)22(5)17(26)23(6)16(13)25/h7,10H,8-9,19H2,1-6H3,(H,21,24). The van der Waals surface area contributed by atoms with Crippen LogP contribution >= 0.6 is 0 Å². The number of nitrogens with two attached hydrogens (primary N) is 1. The zero-order valence-electron chi connectivity index (χ0n) is 16.2. The smallest absolute Gasteiger partial charge is 0.332 e. The molecular formula is C18H27N5O3. The summed E-state index contributed by atoms with van der Waals surface area (Å²) < 4.78 is 2.31. The molecule has 0 aliphatic heterocycles. The van der Waals surface area contributed by atoms with Crippen LogP contribution in [-0.2, 0) is 14.1 Å². The lowest BCUT2D eigenvalue weighted by Crippen LogP contribution is -2.52. The van der Waals surface area contributed by atoms with E-state index in [0.29, 0.717) is 23.4 Å². The molecule has 8 nitrogen and oxygen atoms in total. The molecular weight excluding hydrogens is 334 g/mol. The van der Waals surface area contributed by atoms with Crippen molar-refractivity contribution in [2.75, 3.05) is 6.54 Å². The van der Waals surface area contributed by atoms with Crippen molar-refractivity contribution in [1.82, 2.24) is 19.4 Å². The van der Waals surface area contributed by atoms with Crippen LogP contribution in [0, 0.1) is 12.8 Å². The molecule has 2 rings (SSSR count). The molecule has 0 fully saturated rings. The van der Waals surface area contributed by atoms with Crippen molar-refractivity contribution >= 4 is 16.9 Å². The lowest BCUT2D eigenvalue weighted by Gasteiger charge is -2.31. The third-order valence-electron chi connectivity index (χ3n) is 4.56. The highest BCUT2D eigenvalue weighted by Gasteiger charge is 2.27. The Hall–Kier alpha value is -2.48. The average molecular weight is 361 g/mol. The van der Waals surface area contributed by atoms with Crippen molar-refractivity contribution in [3.05, 3.63) is 38.2 Å². The van der Waals surface area contributed by atoms with Gasteiger partial charge >= 0.3 is 5.69 Å². The predicted octanol–water partition coefficient (Wildman–Crippen LogP) is 0.434. The largest absolute Gasteiger partial charge is 0.344 e. The summed E-state index contributed by atoms with van der Waals surface area (Å²) in [6.45, 7) is 8.03. The molecule has 0 saturated heterocycles. The molecule has 2 aromatic rings. The fraction of sp³-hybridized carbons (Fsp3) is 0.556. The average Bonchev–Trinajstić information content (AvgIpc) is 2.56. The lowest BCUT2D eigenvalue weighted by molar-refractivity contribution is 0.0893. The van der Waals surface area contributed by atoms with E-state index in [1.165, 1.54) is 18.7 Å². The second kappa shape index (κ2) is 7.03. The molecule has 142 valence electrons. The summed E-state index contributed by atoms with van der Waals surface area (Å²) in [5.41, 5.74) is 5.33.